The van der Waals surface area contributed by atoms with Crippen LogP contribution in [0.4, 0.5) is 5.82 Å². The fourth-order valence-electron chi connectivity index (χ4n) is 3.66. The van der Waals surface area contributed by atoms with Gasteiger partial charge in [-0.1, -0.05) is 29.9 Å². The number of carbonyl (C=O) groups is 2. The molecule has 4 rings (SSSR count). The normalized spacial score (nSPS) is 17.3. The predicted molar refractivity (Wildman–Crippen MR) is 121 cm³/mol. The number of hydrogen-bond acceptors (Lipinski definition) is 7. The summed E-state index contributed by atoms with van der Waals surface area (Å²) in [5, 5.41) is 15.0. The van der Waals surface area contributed by atoms with E-state index in [2.05, 4.69) is 11.7 Å². The number of aliphatic hydroxyl groups excluding tert-OH is 1. The molecule has 8 nitrogen and oxygen atoms in total. The fourth-order valence-corrected chi connectivity index (χ4v) is 3.66. The highest BCUT2D eigenvalue weighted by molar-refractivity contribution is 6.51. The minimum atomic E-state index is -0.912. The highest BCUT2D eigenvalue weighted by atomic mass is 16.5. The van der Waals surface area contributed by atoms with Gasteiger partial charge in [-0.15, -0.1) is 0 Å². The van der Waals surface area contributed by atoms with Gasteiger partial charge in [0.25, 0.3) is 5.78 Å². The van der Waals surface area contributed by atoms with E-state index in [0.29, 0.717) is 35.0 Å². The van der Waals surface area contributed by atoms with E-state index in [4.69, 9.17) is 14.0 Å². The van der Waals surface area contributed by atoms with Crippen LogP contribution in [0.5, 0.6) is 11.5 Å². The summed E-state index contributed by atoms with van der Waals surface area (Å²) in [6.07, 6.45) is 1.63. The van der Waals surface area contributed by atoms with Gasteiger partial charge in [-0.2, -0.15) is 0 Å². The van der Waals surface area contributed by atoms with Gasteiger partial charge in [0.15, 0.2) is 5.82 Å². The molecule has 0 saturated carbocycles. The van der Waals surface area contributed by atoms with Crippen molar-refractivity contribution in [3.8, 4) is 11.5 Å². The Kier molecular flexibility index (Phi) is 5.99. The number of Topliss-reactive ketones (excluding diaryl/α,β-unsaturated/α-hetero) is 1. The van der Waals surface area contributed by atoms with Crippen molar-refractivity contribution in [3.63, 3.8) is 0 Å². The Morgan fingerprint density at radius 3 is 2.39 bits per heavy atom. The van der Waals surface area contributed by atoms with E-state index < -0.39 is 17.7 Å². The lowest BCUT2D eigenvalue weighted by molar-refractivity contribution is -0.132. The SMILES string of the molecule is C=CCOc1ccc(C2/C(=C(/O)c3ccc(OC)cc3)C(=O)C(=O)N2c2cc(C)on2)cc1. The van der Waals surface area contributed by atoms with E-state index in [9.17, 15) is 14.7 Å². The minimum Gasteiger partial charge on any atom is -0.507 e. The summed E-state index contributed by atoms with van der Waals surface area (Å²) in [5.41, 5.74) is 0.919. The van der Waals surface area contributed by atoms with Crippen LogP contribution in [0.3, 0.4) is 0 Å². The number of hydrogen-bond donors (Lipinski definition) is 1. The number of anilines is 1. The Balaban J connectivity index is 1.85. The number of aromatic nitrogens is 1. The third-order valence-corrected chi connectivity index (χ3v) is 5.23. The topological polar surface area (TPSA) is 102 Å². The monoisotopic (exact) mass is 446 g/mol. The first-order valence-electron chi connectivity index (χ1n) is 10.2. The van der Waals surface area contributed by atoms with Crippen molar-refractivity contribution < 1.29 is 28.7 Å². The summed E-state index contributed by atoms with van der Waals surface area (Å²) in [4.78, 5) is 27.4. The van der Waals surface area contributed by atoms with Gasteiger partial charge >= 0.3 is 5.91 Å². The Hall–Kier alpha value is -4.33. The van der Waals surface area contributed by atoms with Crippen LogP contribution in [0.15, 0.2) is 77.3 Å². The Morgan fingerprint density at radius 2 is 1.82 bits per heavy atom. The molecule has 1 atom stereocenters. The zero-order valence-electron chi connectivity index (χ0n) is 18.1. The molecular weight excluding hydrogens is 424 g/mol. The first-order chi connectivity index (χ1) is 15.9. The van der Waals surface area contributed by atoms with Crippen molar-refractivity contribution in [3.05, 3.63) is 89.7 Å². The summed E-state index contributed by atoms with van der Waals surface area (Å²) in [5.74, 6) is -0.0684. The summed E-state index contributed by atoms with van der Waals surface area (Å²) < 4.78 is 15.8. The number of benzene rings is 2. The van der Waals surface area contributed by atoms with Gasteiger partial charge in [0.1, 0.15) is 29.6 Å². The lowest BCUT2D eigenvalue weighted by atomic mass is 9.95. The van der Waals surface area contributed by atoms with Crippen molar-refractivity contribution in [2.45, 2.75) is 13.0 Å². The maximum atomic E-state index is 13.1. The molecule has 0 spiro atoms. The summed E-state index contributed by atoms with van der Waals surface area (Å²) >= 11 is 0. The second-order valence-electron chi connectivity index (χ2n) is 7.36. The summed E-state index contributed by atoms with van der Waals surface area (Å²) in [6.45, 7) is 5.65. The number of carbonyl (C=O) groups excluding carboxylic acids is 2. The van der Waals surface area contributed by atoms with Gasteiger partial charge in [0.05, 0.1) is 18.7 Å². The molecule has 2 aromatic carbocycles. The van der Waals surface area contributed by atoms with Gasteiger partial charge in [-0.25, -0.2) is 0 Å². The van der Waals surface area contributed by atoms with E-state index in [0.717, 1.165) is 0 Å². The molecule has 0 radical (unpaired) electrons. The van der Waals surface area contributed by atoms with Gasteiger partial charge in [-0.3, -0.25) is 14.5 Å². The largest absolute Gasteiger partial charge is 0.507 e. The van der Waals surface area contributed by atoms with Gasteiger partial charge in [0.2, 0.25) is 0 Å². The maximum Gasteiger partial charge on any atom is 0.301 e. The molecule has 0 bridgehead atoms. The van der Waals surface area contributed by atoms with Crippen LogP contribution in [0, 0.1) is 6.92 Å². The van der Waals surface area contributed by atoms with Crippen LogP contribution >= 0.6 is 0 Å². The number of ether oxygens (including phenoxy) is 2. The third-order valence-electron chi connectivity index (χ3n) is 5.23. The molecule has 3 aromatic rings. The number of nitrogens with zero attached hydrogens (tertiary/aromatic N) is 2. The zero-order chi connectivity index (χ0) is 23.5. The standard InChI is InChI=1S/C25H22N2O6/c1-4-13-32-19-11-5-16(6-12-19)22-21(23(28)17-7-9-18(31-3)10-8-17)24(29)25(30)27(22)20-14-15(2)33-26-20/h4-12,14,22,28H,1,13H2,2-3H3/b23-21-. The minimum absolute atomic E-state index is 0.0504. The lowest BCUT2D eigenvalue weighted by Gasteiger charge is -2.23. The van der Waals surface area contributed by atoms with Gasteiger partial charge in [0, 0.05) is 11.6 Å². The van der Waals surface area contributed by atoms with Crippen LogP contribution in [0.1, 0.15) is 22.9 Å². The summed E-state index contributed by atoms with van der Waals surface area (Å²) in [6, 6.07) is 14.1. The second kappa shape index (κ2) is 9.04. The van der Waals surface area contributed by atoms with Crippen LogP contribution in [0.2, 0.25) is 0 Å². The molecule has 1 N–H and O–H groups in total. The van der Waals surface area contributed by atoms with E-state index in [1.807, 2.05) is 0 Å². The number of aliphatic hydroxyl groups is 1. The Morgan fingerprint density at radius 1 is 1.15 bits per heavy atom. The molecule has 1 saturated heterocycles. The molecule has 168 valence electrons. The fraction of sp³-hybridized carbons (Fsp3) is 0.160. The lowest BCUT2D eigenvalue weighted by Crippen LogP contribution is -2.29. The molecule has 1 aromatic heterocycles. The smallest absolute Gasteiger partial charge is 0.301 e. The molecule has 1 amide bonds. The van der Waals surface area contributed by atoms with E-state index in [1.54, 1.807) is 67.6 Å². The molecule has 8 heteroatoms. The molecule has 1 aliphatic rings. The number of rotatable bonds is 7. The maximum absolute atomic E-state index is 13.1. The molecule has 1 unspecified atom stereocenters. The third kappa shape index (κ3) is 4.10. The Labute approximate surface area is 190 Å². The highest BCUT2D eigenvalue weighted by Crippen LogP contribution is 2.42. The molecule has 0 aliphatic carbocycles. The highest BCUT2D eigenvalue weighted by Gasteiger charge is 2.48. The average molecular weight is 446 g/mol. The molecular formula is C25H22N2O6. The quantitative estimate of drug-likeness (QED) is 0.251. The van der Waals surface area contributed by atoms with E-state index >= 15 is 0 Å². The van der Waals surface area contributed by atoms with Crippen molar-refractivity contribution in [1.82, 2.24) is 5.16 Å². The van der Waals surface area contributed by atoms with Gasteiger partial charge < -0.3 is 19.1 Å². The first kappa shape index (κ1) is 21.9. The van der Waals surface area contributed by atoms with Crippen molar-refractivity contribution in [1.29, 1.82) is 0 Å². The second-order valence-corrected chi connectivity index (χ2v) is 7.36. The van der Waals surface area contributed by atoms with Crippen LogP contribution in [0.25, 0.3) is 5.76 Å². The van der Waals surface area contributed by atoms with Crippen LogP contribution in [-0.4, -0.2) is 35.7 Å². The van der Waals surface area contributed by atoms with Gasteiger partial charge in [-0.05, 0) is 48.9 Å². The number of amides is 1. The van der Waals surface area contributed by atoms with E-state index in [-0.39, 0.29) is 17.2 Å². The first-order valence-corrected chi connectivity index (χ1v) is 10.2. The van der Waals surface area contributed by atoms with Crippen molar-refractivity contribution >= 4 is 23.3 Å². The average Bonchev–Trinajstić information content (AvgIpc) is 3.38. The molecule has 33 heavy (non-hydrogen) atoms. The molecule has 2 heterocycles. The molecule has 1 fully saturated rings. The van der Waals surface area contributed by atoms with Crippen molar-refractivity contribution in [2.24, 2.45) is 0 Å². The predicted octanol–water partition coefficient (Wildman–Crippen LogP) is 4.18. The molecule has 1 aliphatic heterocycles. The van der Waals surface area contributed by atoms with Crippen LogP contribution < -0.4 is 14.4 Å². The number of methoxy groups -OCH3 is 1. The number of aryl methyl sites for hydroxylation is 1. The van der Waals surface area contributed by atoms with E-state index in [1.165, 1.54) is 12.0 Å². The summed E-state index contributed by atoms with van der Waals surface area (Å²) in [7, 11) is 1.53. The van der Waals surface area contributed by atoms with Crippen molar-refractivity contribution in [2.75, 3.05) is 18.6 Å². The Bertz CT molecular complexity index is 1220. The zero-order valence-corrected chi connectivity index (χ0v) is 18.1. The van der Waals surface area contributed by atoms with Crippen LogP contribution in [-0.2, 0) is 9.59 Å². The number of ketones is 1.